The Hall–Kier alpha value is -1.75. The van der Waals surface area contributed by atoms with Crippen LogP contribution in [0.2, 0.25) is 0 Å². The number of nitrogen functional groups attached to an aromatic ring is 1. The first kappa shape index (κ1) is 15.3. The molecule has 106 valence electrons. The van der Waals surface area contributed by atoms with E-state index in [4.69, 9.17) is 20.3 Å². The molecule has 0 aromatic heterocycles. The first-order chi connectivity index (χ1) is 9.06. The number of aromatic carboxylic acids is 1. The molecule has 0 aliphatic heterocycles. The monoisotopic (exact) mass is 267 g/mol. The van der Waals surface area contributed by atoms with Crippen LogP contribution in [-0.2, 0) is 4.74 Å². The fraction of sp³-hybridized carbons (Fsp3) is 0.500. The lowest BCUT2D eigenvalue weighted by molar-refractivity contribution is 0.0697. The van der Waals surface area contributed by atoms with Crippen molar-refractivity contribution in [1.82, 2.24) is 0 Å². The summed E-state index contributed by atoms with van der Waals surface area (Å²) in [5.74, 6) is -0.548. The SMILES string of the molecule is CCCCOCCOc1cc(C)c(N)c(C(=O)O)c1. The lowest BCUT2D eigenvalue weighted by atomic mass is 10.1. The van der Waals surface area contributed by atoms with E-state index in [1.54, 1.807) is 13.0 Å². The van der Waals surface area contributed by atoms with E-state index >= 15 is 0 Å². The number of aryl methyl sites for hydroxylation is 1. The molecule has 0 unspecified atom stereocenters. The van der Waals surface area contributed by atoms with Crippen LogP contribution in [0.25, 0.3) is 0 Å². The largest absolute Gasteiger partial charge is 0.491 e. The van der Waals surface area contributed by atoms with E-state index in [9.17, 15) is 4.79 Å². The van der Waals surface area contributed by atoms with Gasteiger partial charge in [-0.05, 0) is 31.0 Å². The molecule has 3 N–H and O–H groups in total. The predicted octanol–water partition coefficient (Wildman–Crippen LogP) is 2.47. The third kappa shape index (κ3) is 4.79. The normalized spacial score (nSPS) is 10.4. The third-order valence-electron chi connectivity index (χ3n) is 2.73. The van der Waals surface area contributed by atoms with Crippen LogP contribution in [0.1, 0.15) is 35.7 Å². The molecule has 0 radical (unpaired) electrons. The van der Waals surface area contributed by atoms with Crippen LogP contribution in [0.15, 0.2) is 12.1 Å². The van der Waals surface area contributed by atoms with Gasteiger partial charge in [0.15, 0.2) is 0 Å². The number of anilines is 1. The predicted molar refractivity (Wildman–Crippen MR) is 73.8 cm³/mol. The number of unbranched alkanes of at least 4 members (excludes halogenated alkanes) is 1. The highest BCUT2D eigenvalue weighted by Gasteiger charge is 2.12. The number of carbonyl (C=O) groups is 1. The van der Waals surface area contributed by atoms with Crippen molar-refractivity contribution in [3.8, 4) is 5.75 Å². The molecule has 0 amide bonds. The Kier molecular flexibility index (Phi) is 6.15. The molecular formula is C14H21NO4. The summed E-state index contributed by atoms with van der Waals surface area (Å²) in [6, 6.07) is 3.17. The van der Waals surface area contributed by atoms with Crippen molar-refractivity contribution in [2.24, 2.45) is 0 Å². The minimum absolute atomic E-state index is 0.0712. The second kappa shape index (κ2) is 7.63. The summed E-state index contributed by atoms with van der Waals surface area (Å²) >= 11 is 0. The van der Waals surface area contributed by atoms with Crippen molar-refractivity contribution in [3.63, 3.8) is 0 Å². The number of nitrogens with two attached hydrogens (primary N) is 1. The molecule has 5 heteroatoms. The van der Waals surface area contributed by atoms with E-state index in [0.717, 1.165) is 19.4 Å². The second-order valence-electron chi connectivity index (χ2n) is 4.32. The maximum Gasteiger partial charge on any atom is 0.337 e. The van der Waals surface area contributed by atoms with E-state index in [1.807, 2.05) is 0 Å². The van der Waals surface area contributed by atoms with Crippen LogP contribution in [0.5, 0.6) is 5.75 Å². The Morgan fingerprint density at radius 1 is 1.32 bits per heavy atom. The summed E-state index contributed by atoms with van der Waals surface area (Å²) in [5.41, 5.74) is 6.75. The zero-order valence-electron chi connectivity index (χ0n) is 11.4. The number of hydrogen-bond acceptors (Lipinski definition) is 4. The van der Waals surface area contributed by atoms with Crippen molar-refractivity contribution in [2.45, 2.75) is 26.7 Å². The second-order valence-corrected chi connectivity index (χ2v) is 4.32. The van der Waals surface area contributed by atoms with Crippen LogP contribution >= 0.6 is 0 Å². The van der Waals surface area contributed by atoms with Gasteiger partial charge >= 0.3 is 5.97 Å². The van der Waals surface area contributed by atoms with Gasteiger partial charge in [0.25, 0.3) is 0 Å². The summed E-state index contributed by atoms with van der Waals surface area (Å²) in [6.45, 7) is 5.47. The number of carboxylic acids is 1. The molecule has 5 nitrogen and oxygen atoms in total. The summed E-state index contributed by atoms with van der Waals surface area (Å²) in [4.78, 5) is 11.0. The van der Waals surface area contributed by atoms with Crippen molar-refractivity contribution in [1.29, 1.82) is 0 Å². The molecule has 0 spiro atoms. The molecule has 0 saturated heterocycles. The number of ether oxygens (including phenoxy) is 2. The van der Waals surface area contributed by atoms with Crippen molar-refractivity contribution in [2.75, 3.05) is 25.6 Å². The first-order valence-electron chi connectivity index (χ1n) is 6.40. The number of rotatable bonds is 8. The number of benzene rings is 1. The van der Waals surface area contributed by atoms with Gasteiger partial charge in [0, 0.05) is 12.3 Å². The zero-order chi connectivity index (χ0) is 14.3. The van der Waals surface area contributed by atoms with Gasteiger partial charge in [-0.15, -0.1) is 0 Å². The molecule has 1 rings (SSSR count). The van der Waals surface area contributed by atoms with Crippen molar-refractivity contribution < 1.29 is 19.4 Å². The van der Waals surface area contributed by atoms with Crippen LogP contribution in [0.3, 0.4) is 0 Å². The van der Waals surface area contributed by atoms with Crippen LogP contribution < -0.4 is 10.5 Å². The van der Waals surface area contributed by atoms with Gasteiger partial charge in [-0.1, -0.05) is 13.3 Å². The van der Waals surface area contributed by atoms with Gasteiger partial charge < -0.3 is 20.3 Å². The van der Waals surface area contributed by atoms with Gasteiger partial charge in [-0.3, -0.25) is 0 Å². The molecule has 19 heavy (non-hydrogen) atoms. The Bertz CT molecular complexity index is 432. The lowest BCUT2D eigenvalue weighted by Crippen LogP contribution is -2.09. The van der Waals surface area contributed by atoms with Gasteiger partial charge in [0.2, 0.25) is 0 Å². The molecule has 0 atom stereocenters. The fourth-order valence-corrected chi connectivity index (χ4v) is 1.59. The average molecular weight is 267 g/mol. The standard InChI is InChI=1S/C14H21NO4/c1-3-4-5-18-6-7-19-11-8-10(2)13(15)12(9-11)14(16)17/h8-9H,3-7,15H2,1-2H3,(H,16,17). The average Bonchev–Trinajstić information content (AvgIpc) is 2.37. The summed E-state index contributed by atoms with van der Waals surface area (Å²) in [5, 5.41) is 9.02. The summed E-state index contributed by atoms with van der Waals surface area (Å²) in [7, 11) is 0. The zero-order valence-corrected chi connectivity index (χ0v) is 11.4. The van der Waals surface area contributed by atoms with Gasteiger partial charge in [0.1, 0.15) is 12.4 Å². The molecule has 0 heterocycles. The van der Waals surface area contributed by atoms with E-state index in [0.29, 0.717) is 24.5 Å². The van der Waals surface area contributed by atoms with Gasteiger partial charge in [-0.2, -0.15) is 0 Å². The summed E-state index contributed by atoms with van der Waals surface area (Å²) in [6.07, 6.45) is 2.13. The summed E-state index contributed by atoms with van der Waals surface area (Å²) < 4.78 is 10.8. The minimum Gasteiger partial charge on any atom is -0.491 e. The highest BCUT2D eigenvalue weighted by molar-refractivity contribution is 5.95. The number of hydrogen-bond donors (Lipinski definition) is 2. The van der Waals surface area contributed by atoms with Gasteiger partial charge in [-0.25, -0.2) is 4.79 Å². The quantitative estimate of drug-likeness (QED) is 0.558. The first-order valence-corrected chi connectivity index (χ1v) is 6.40. The van der Waals surface area contributed by atoms with Crippen LogP contribution in [-0.4, -0.2) is 30.9 Å². The molecule has 0 aliphatic rings. The van der Waals surface area contributed by atoms with E-state index in [-0.39, 0.29) is 11.3 Å². The van der Waals surface area contributed by atoms with E-state index in [2.05, 4.69) is 6.92 Å². The molecular weight excluding hydrogens is 246 g/mol. The Morgan fingerprint density at radius 2 is 2.05 bits per heavy atom. The number of carboxylic acid groups (broad SMARTS) is 1. The molecule has 0 saturated carbocycles. The molecule has 0 aliphatic carbocycles. The van der Waals surface area contributed by atoms with Crippen molar-refractivity contribution >= 4 is 11.7 Å². The minimum atomic E-state index is -1.05. The maximum absolute atomic E-state index is 11.0. The topological polar surface area (TPSA) is 81.8 Å². The van der Waals surface area contributed by atoms with Crippen molar-refractivity contribution in [3.05, 3.63) is 23.3 Å². The highest BCUT2D eigenvalue weighted by atomic mass is 16.5. The third-order valence-corrected chi connectivity index (χ3v) is 2.73. The van der Waals surface area contributed by atoms with E-state index < -0.39 is 5.97 Å². The smallest absolute Gasteiger partial charge is 0.337 e. The lowest BCUT2D eigenvalue weighted by Gasteiger charge is -2.11. The Morgan fingerprint density at radius 3 is 2.68 bits per heavy atom. The maximum atomic E-state index is 11.0. The van der Waals surface area contributed by atoms with Crippen LogP contribution in [0, 0.1) is 6.92 Å². The fourth-order valence-electron chi connectivity index (χ4n) is 1.59. The van der Waals surface area contributed by atoms with E-state index in [1.165, 1.54) is 6.07 Å². The Labute approximate surface area is 113 Å². The molecule has 1 aromatic rings. The van der Waals surface area contributed by atoms with Crippen LogP contribution in [0.4, 0.5) is 5.69 Å². The molecule has 1 aromatic carbocycles. The molecule has 0 fully saturated rings. The van der Waals surface area contributed by atoms with Gasteiger partial charge in [0.05, 0.1) is 12.2 Å². The molecule has 0 bridgehead atoms. The Balaban J connectivity index is 2.52. The highest BCUT2D eigenvalue weighted by Crippen LogP contribution is 2.24.